The molecule has 1 heterocycles. The molecule has 3 rings (SSSR count). The fraction of sp³-hybridized carbons (Fsp3) is 0.765. The molecule has 1 fully saturated rings. The number of aromatic nitrogens is 2. The summed E-state index contributed by atoms with van der Waals surface area (Å²) in [6, 6.07) is 0. The lowest BCUT2D eigenvalue weighted by Crippen LogP contribution is -2.45. The molecule has 2 aliphatic carbocycles. The molecular formula is C17H27N3O. The van der Waals surface area contributed by atoms with Gasteiger partial charge < -0.3 is 9.84 Å². The number of rotatable bonds is 3. The van der Waals surface area contributed by atoms with E-state index in [2.05, 4.69) is 49.2 Å². The van der Waals surface area contributed by atoms with Crippen molar-refractivity contribution in [3.05, 3.63) is 23.4 Å². The molecule has 4 nitrogen and oxygen atoms in total. The normalized spacial score (nSPS) is 29.3. The van der Waals surface area contributed by atoms with Crippen LogP contribution in [0, 0.1) is 5.92 Å². The van der Waals surface area contributed by atoms with Gasteiger partial charge in [0.05, 0.1) is 6.54 Å². The molecule has 2 aliphatic rings. The summed E-state index contributed by atoms with van der Waals surface area (Å²) >= 11 is 0. The Kier molecular flexibility index (Phi) is 3.68. The maximum atomic E-state index is 5.36. The van der Waals surface area contributed by atoms with Crippen LogP contribution in [0.3, 0.4) is 0 Å². The summed E-state index contributed by atoms with van der Waals surface area (Å²) in [7, 11) is 0. The van der Waals surface area contributed by atoms with Crippen LogP contribution in [-0.4, -0.2) is 15.7 Å². The van der Waals surface area contributed by atoms with Gasteiger partial charge in [-0.2, -0.15) is 4.98 Å². The zero-order valence-electron chi connectivity index (χ0n) is 13.7. The Bertz CT molecular complexity index is 540. The van der Waals surface area contributed by atoms with E-state index in [1.165, 1.54) is 32.1 Å². The predicted octanol–water partition coefficient (Wildman–Crippen LogP) is 3.74. The predicted molar refractivity (Wildman–Crippen MR) is 82.9 cm³/mol. The molecule has 2 unspecified atom stereocenters. The number of hydrogen-bond donors (Lipinski definition) is 1. The van der Waals surface area contributed by atoms with Gasteiger partial charge in [-0.25, -0.2) is 0 Å². The lowest BCUT2D eigenvalue weighted by atomic mass is 9.71. The number of nitrogens with one attached hydrogen (secondary N) is 1. The molecule has 1 aromatic heterocycles. The molecular weight excluding hydrogens is 262 g/mol. The van der Waals surface area contributed by atoms with Gasteiger partial charge in [0.1, 0.15) is 0 Å². The Balaban J connectivity index is 1.66. The fourth-order valence-electron chi connectivity index (χ4n) is 3.64. The Hall–Kier alpha value is -1.16. The van der Waals surface area contributed by atoms with Crippen molar-refractivity contribution in [1.82, 2.24) is 15.5 Å². The molecule has 2 atom stereocenters. The van der Waals surface area contributed by atoms with Crippen LogP contribution < -0.4 is 5.32 Å². The first kappa shape index (κ1) is 14.8. The van der Waals surface area contributed by atoms with Crippen LogP contribution in [-0.2, 0) is 12.0 Å². The van der Waals surface area contributed by atoms with Crippen LogP contribution in [0.4, 0.5) is 0 Å². The molecule has 4 heteroatoms. The van der Waals surface area contributed by atoms with Crippen LogP contribution in [0.1, 0.15) is 71.5 Å². The van der Waals surface area contributed by atoms with Crippen molar-refractivity contribution >= 4 is 0 Å². The van der Waals surface area contributed by atoms with E-state index in [4.69, 9.17) is 4.52 Å². The van der Waals surface area contributed by atoms with E-state index in [0.717, 1.165) is 11.7 Å². The number of nitrogens with zero attached hydrogens (tertiary/aromatic N) is 2. The van der Waals surface area contributed by atoms with Gasteiger partial charge in [-0.05, 0) is 44.9 Å². The average Bonchev–Trinajstić information content (AvgIpc) is 2.84. The van der Waals surface area contributed by atoms with Gasteiger partial charge in [-0.1, -0.05) is 37.6 Å². The first-order chi connectivity index (χ1) is 9.84. The third kappa shape index (κ3) is 3.37. The van der Waals surface area contributed by atoms with Gasteiger partial charge in [-0.3, -0.25) is 0 Å². The summed E-state index contributed by atoms with van der Waals surface area (Å²) in [6.07, 6.45) is 9.02. The summed E-state index contributed by atoms with van der Waals surface area (Å²) in [5.74, 6) is 2.32. The largest absolute Gasteiger partial charge is 0.339 e. The number of hydrogen-bond acceptors (Lipinski definition) is 4. The van der Waals surface area contributed by atoms with Crippen molar-refractivity contribution in [2.24, 2.45) is 5.92 Å². The van der Waals surface area contributed by atoms with Crippen molar-refractivity contribution in [2.75, 3.05) is 0 Å². The second-order valence-corrected chi connectivity index (χ2v) is 8.01. The van der Waals surface area contributed by atoms with Gasteiger partial charge >= 0.3 is 0 Å². The standard InChI is InChI=1S/C17H27N3O/c1-16(2,3)15-19-14(20-21-15)11-18-17(4)9-12-6-5-7-13(8-12)10-17/h9,13,18H,5-8,10-11H2,1-4H3. The first-order valence-corrected chi connectivity index (χ1v) is 8.13. The van der Waals surface area contributed by atoms with E-state index in [0.29, 0.717) is 12.4 Å². The summed E-state index contributed by atoms with van der Waals surface area (Å²) in [5, 5.41) is 7.75. The molecule has 21 heavy (non-hydrogen) atoms. The highest BCUT2D eigenvalue weighted by Crippen LogP contribution is 2.40. The number of fused-ring (bicyclic) bond motifs is 2. The molecule has 1 N–H and O–H groups in total. The van der Waals surface area contributed by atoms with Crippen LogP contribution in [0.25, 0.3) is 0 Å². The van der Waals surface area contributed by atoms with E-state index in [9.17, 15) is 0 Å². The second-order valence-electron chi connectivity index (χ2n) is 8.01. The summed E-state index contributed by atoms with van der Waals surface area (Å²) in [6.45, 7) is 9.24. The third-order valence-corrected chi connectivity index (χ3v) is 4.66. The van der Waals surface area contributed by atoms with Gasteiger partial charge in [0, 0.05) is 11.0 Å². The van der Waals surface area contributed by atoms with Crippen LogP contribution in [0.5, 0.6) is 0 Å². The fourth-order valence-corrected chi connectivity index (χ4v) is 3.64. The summed E-state index contributed by atoms with van der Waals surface area (Å²) < 4.78 is 5.36. The second kappa shape index (κ2) is 5.24. The van der Waals surface area contributed by atoms with E-state index < -0.39 is 0 Å². The quantitative estimate of drug-likeness (QED) is 0.861. The Morgan fingerprint density at radius 1 is 1.43 bits per heavy atom. The molecule has 116 valence electrons. The molecule has 1 saturated carbocycles. The maximum absolute atomic E-state index is 5.36. The minimum Gasteiger partial charge on any atom is -0.339 e. The Labute approximate surface area is 127 Å². The van der Waals surface area contributed by atoms with E-state index in [1.54, 1.807) is 5.57 Å². The smallest absolute Gasteiger partial charge is 0.232 e. The highest BCUT2D eigenvalue weighted by Gasteiger charge is 2.33. The van der Waals surface area contributed by atoms with Crippen molar-refractivity contribution in [1.29, 1.82) is 0 Å². The zero-order valence-corrected chi connectivity index (χ0v) is 13.7. The lowest BCUT2D eigenvalue weighted by Gasteiger charge is -2.40. The van der Waals surface area contributed by atoms with Crippen molar-refractivity contribution in [3.63, 3.8) is 0 Å². The zero-order chi connectivity index (χ0) is 15.1. The third-order valence-electron chi connectivity index (χ3n) is 4.66. The highest BCUT2D eigenvalue weighted by molar-refractivity contribution is 5.20. The molecule has 0 amide bonds. The van der Waals surface area contributed by atoms with Gasteiger partial charge in [0.15, 0.2) is 5.82 Å². The Morgan fingerprint density at radius 2 is 2.24 bits per heavy atom. The summed E-state index contributed by atoms with van der Waals surface area (Å²) in [4.78, 5) is 4.51. The van der Waals surface area contributed by atoms with Crippen molar-refractivity contribution < 1.29 is 4.52 Å². The first-order valence-electron chi connectivity index (χ1n) is 8.13. The van der Waals surface area contributed by atoms with Gasteiger partial charge in [0.25, 0.3) is 0 Å². The molecule has 1 aromatic rings. The van der Waals surface area contributed by atoms with Gasteiger partial charge in [0.2, 0.25) is 5.89 Å². The van der Waals surface area contributed by atoms with Crippen LogP contribution in [0.2, 0.25) is 0 Å². The highest BCUT2D eigenvalue weighted by atomic mass is 16.5. The van der Waals surface area contributed by atoms with E-state index >= 15 is 0 Å². The molecule has 2 bridgehead atoms. The SMILES string of the molecule is CC1(NCc2noc(C(C)(C)C)n2)C=C2CCCC(C2)C1. The van der Waals surface area contributed by atoms with E-state index in [1.807, 2.05) is 0 Å². The molecule has 0 spiro atoms. The van der Waals surface area contributed by atoms with Gasteiger partial charge in [-0.15, -0.1) is 0 Å². The van der Waals surface area contributed by atoms with Crippen molar-refractivity contribution in [2.45, 2.75) is 77.3 Å². The van der Waals surface area contributed by atoms with Crippen LogP contribution in [0.15, 0.2) is 16.2 Å². The lowest BCUT2D eigenvalue weighted by molar-refractivity contribution is 0.263. The minimum atomic E-state index is -0.0843. The summed E-state index contributed by atoms with van der Waals surface area (Å²) in [5.41, 5.74) is 1.64. The van der Waals surface area contributed by atoms with Crippen molar-refractivity contribution in [3.8, 4) is 0 Å². The molecule has 0 saturated heterocycles. The maximum Gasteiger partial charge on any atom is 0.232 e. The minimum absolute atomic E-state index is 0.0843. The monoisotopic (exact) mass is 289 g/mol. The molecule has 0 aromatic carbocycles. The van der Waals surface area contributed by atoms with Crippen LogP contribution >= 0.6 is 0 Å². The topological polar surface area (TPSA) is 51.0 Å². The molecule has 0 aliphatic heterocycles. The number of allylic oxidation sites excluding steroid dienone is 1. The van der Waals surface area contributed by atoms with E-state index in [-0.39, 0.29) is 11.0 Å². The average molecular weight is 289 g/mol. The Morgan fingerprint density at radius 3 is 2.90 bits per heavy atom. The molecule has 0 radical (unpaired) electrons.